The number of hydrogen-bond acceptors (Lipinski definition) is 3. The highest BCUT2D eigenvalue weighted by atomic mass is 32.2. The number of nitrogens with one attached hydrogen (secondary N) is 2. The zero-order valence-electron chi connectivity index (χ0n) is 14.5. The van der Waals surface area contributed by atoms with Crippen LogP contribution >= 0.6 is 0 Å². The molecule has 1 aliphatic heterocycles. The van der Waals surface area contributed by atoms with Gasteiger partial charge in [0.25, 0.3) is 15.9 Å². The number of rotatable bonds is 4. The van der Waals surface area contributed by atoms with Gasteiger partial charge in [0.2, 0.25) is 0 Å². The molecule has 134 valence electrons. The Labute approximate surface area is 148 Å². The van der Waals surface area contributed by atoms with Crippen LogP contribution in [0.1, 0.15) is 41.0 Å². The average molecular weight is 361 g/mol. The monoisotopic (exact) mass is 361 g/mol. The summed E-state index contributed by atoms with van der Waals surface area (Å²) in [6.45, 7) is 4.77. The van der Waals surface area contributed by atoms with Gasteiger partial charge in [0.05, 0.1) is 5.56 Å². The summed E-state index contributed by atoms with van der Waals surface area (Å²) >= 11 is 0. The third kappa shape index (κ3) is 3.56. The molecule has 2 N–H and O–H groups in total. The third-order valence-electron chi connectivity index (χ3n) is 4.47. The van der Waals surface area contributed by atoms with Gasteiger partial charge in [-0.3, -0.25) is 9.52 Å². The van der Waals surface area contributed by atoms with Gasteiger partial charge < -0.3 is 9.88 Å². The van der Waals surface area contributed by atoms with Gasteiger partial charge in [0.15, 0.2) is 0 Å². The van der Waals surface area contributed by atoms with Gasteiger partial charge in [0, 0.05) is 30.2 Å². The minimum Gasteiger partial charge on any atom is -0.361 e. The van der Waals surface area contributed by atoms with Gasteiger partial charge in [-0.05, 0) is 45.2 Å². The number of carbonyl (C=O) groups is 1. The molecule has 3 rings (SSSR count). The highest BCUT2D eigenvalue weighted by Crippen LogP contribution is 2.28. The SMILES string of the molecule is Cc1[nH]c(C)c(S(=O)(=O)Nc2ccccc2)c1C(=O)N1CCCCC1. The minimum absolute atomic E-state index is 0.0458. The minimum atomic E-state index is -3.87. The molecule has 7 heteroatoms. The Morgan fingerprint density at radius 2 is 1.68 bits per heavy atom. The summed E-state index contributed by atoms with van der Waals surface area (Å²) in [5, 5.41) is 0. The lowest BCUT2D eigenvalue weighted by Crippen LogP contribution is -2.36. The molecule has 25 heavy (non-hydrogen) atoms. The zero-order chi connectivity index (χ0) is 18.0. The van der Waals surface area contributed by atoms with Gasteiger partial charge in [-0.25, -0.2) is 8.42 Å². The summed E-state index contributed by atoms with van der Waals surface area (Å²) in [4.78, 5) is 17.8. The van der Waals surface area contributed by atoms with Crippen LogP contribution in [-0.2, 0) is 10.0 Å². The number of piperidine rings is 1. The van der Waals surface area contributed by atoms with Crippen molar-refractivity contribution in [2.45, 2.75) is 38.0 Å². The Morgan fingerprint density at radius 1 is 1.04 bits per heavy atom. The number of carbonyl (C=O) groups excluding carboxylic acids is 1. The number of aryl methyl sites for hydroxylation is 2. The number of sulfonamides is 1. The molecule has 1 aromatic heterocycles. The van der Waals surface area contributed by atoms with Gasteiger partial charge in [-0.1, -0.05) is 18.2 Å². The molecule has 0 saturated carbocycles. The van der Waals surface area contributed by atoms with Crippen LogP contribution in [0.3, 0.4) is 0 Å². The number of nitrogens with zero attached hydrogens (tertiary/aromatic N) is 1. The molecule has 0 bridgehead atoms. The number of hydrogen-bond donors (Lipinski definition) is 2. The Hall–Kier alpha value is -2.28. The van der Waals surface area contributed by atoms with Crippen molar-refractivity contribution < 1.29 is 13.2 Å². The van der Waals surface area contributed by atoms with E-state index in [1.165, 1.54) is 0 Å². The molecule has 1 aromatic carbocycles. The second-order valence-electron chi connectivity index (χ2n) is 6.40. The van der Waals surface area contributed by atoms with E-state index >= 15 is 0 Å². The van der Waals surface area contributed by atoms with Crippen LogP contribution < -0.4 is 4.72 Å². The number of amides is 1. The van der Waals surface area contributed by atoms with Crippen LogP contribution in [0.2, 0.25) is 0 Å². The van der Waals surface area contributed by atoms with E-state index in [9.17, 15) is 13.2 Å². The molecule has 0 aliphatic carbocycles. The smallest absolute Gasteiger partial charge is 0.264 e. The highest BCUT2D eigenvalue weighted by Gasteiger charge is 2.31. The van der Waals surface area contributed by atoms with E-state index in [1.54, 1.807) is 43.0 Å². The van der Waals surface area contributed by atoms with Crippen molar-refractivity contribution in [3.63, 3.8) is 0 Å². The molecular weight excluding hydrogens is 338 g/mol. The van der Waals surface area contributed by atoms with Crippen molar-refractivity contribution in [3.05, 3.63) is 47.3 Å². The lowest BCUT2D eigenvalue weighted by Gasteiger charge is -2.27. The van der Waals surface area contributed by atoms with Gasteiger partial charge in [-0.2, -0.15) is 0 Å². The summed E-state index contributed by atoms with van der Waals surface area (Å²) in [6, 6.07) is 8.69. The van der Waals surface area contributed by atoms with E-state index in [1.807, 2.05) is 6.07 Å². The molecule has 0 atom stereocenters. The van der Waals surface area contributed by atoms with Crippen molar-refractivity contribution in [2.24, 2.45) is 0 Å². The maximum atomic E-state index is 13.0. The highest BCUT2D eigenvalue weighted by molar-refractivity contribution is 7.92. The lowest BCUT2D eigenvalue weighted by atomic mass is 10.1. The van der Waals surface area contributed by atoms with Crippen LogP contribution in [0.25, 0.3) is 0 Å². The first-order chi connectivity index (χ1) is 11.9. The Morgan fingerprint density at radius 3 is 2.32 bits per heavy atom. The van der Waals surface area contributed by atoms with Crippen LogP contribution in [0, 0.1) is 13.8 Å². The Kier molecular flexibility index (Phi) is 4.85. The fraction of sp³-hybridized carbons (Fsp3) is 0.389. The third-order valence-corrected chi connectivity index (χ3v) is 6.02. The molecule has 0 spiro atoms. The summed E-state index contributed by atoms with van der Waals surface area (Å²) in [6.07, 6.45) is 3.02. The fourth-order valence-corrected chi connectivity index (χ4v) is 4.83. The first-order valence-corrected chi connectivity index (χ1v) is 9.95. The quantitative estimate of drug-likeness (QED) is 0.878. The van der Waals surface area contributed by atoms with E-state index in [4.69, 9.17) is 0 Å². The van der Waals surface area contributed by atoms with Crippen molar-refractivity contribution in [2.75, 3.05) is 17.8 Å². The molecule has 1 fully saturated rings. The number of aromatic nitrogens is 1. The van der Waals surface area contributed by atoms with Gasteiger partial charge >= 0.3 is 0 Å². The number of para-hydroxylation sites is 1. The van der Waals surface area contributed by atoms with Crippen molar-refractivity contribution in [3.8, 4) is 0 Å². The van der Waals surface area contributed by atoms with Crippen LogP contribution in [-0.4, -0.2) is 37.3 Å². The normalized spacial score (nSPS) is 15.2. The maximum Gasteiger partial charge on any atom is 0.264 e. The van der Waals surface area contributed by atoms with Crippen molar-refractivity contribution in [1.82, 2.24) is 9.88 Å². The molecule has 2 heterocycles. The second kappa shape index (κ2) is 6.92. The molecule has 6 nitrogen and oxygen atoms in total. The van der Waals surface area contributed by atoms with E-state index in [-0.39, 0.29) is 16.4 Å². The van der Waals surface area contributed by atoms with E-state index in [2.05, 4.69) is 9.71 Å². The summed E-state index contributed by atoms with van der Waals surface area (Å²) < 4.78 is 28.5. The fourth-order valence-electron chi connectivity index (χ4n) is 3.32. The molecule has 2 aromatic rings. The van der Waals surface area contributed by atoms with E-state index in [0.717, 1.165) is 19.3 Å². The largest absolute Gasteiger partial charge is 0.361 e. The molecule has 1 saturated heterocycles. The van der Waals surface area contributed by atoms with Crippen LogP contribution in [0.15, 0.2) is 35.2 Å². The molecule has 1 amide bonds. The number of aromatic amines is 1. The van der Waals surface area contributed by atoms with E-state index < -0.39 is 10.0 Å². The summed E-state index contributed by atoms with van der Waals surface area (Å²) in [5.74, 6) is -0.213. The number of benzene rings is 1. The Balaban J connectivity index is 2.00. The second-order valence-corrected chi connectivity index (χ2v) is 8.02. The first-order valence-electron chi connectivity index (χ1n) is 8.46. The molecular formula is C18H23N3O3S. The zero-order valence-corrected chi connectivity index (χ0v) is 15.3. The number of likely N-dealkylation sites (tertiary alicyclic amines) is 1. The van der Waals surface area contributed by atoms with Gasteiger partial charge in [0.1, 0.15) is 4.90 Å². The average Bonchev–Trinajstić information content (AvgIpc) is 2.90. The topological polar surface area (TPSA) is 82.3 Å². The first kappa shape index (κ1) is 17.5. The summed E-state index contributed by atoms with van der Waals surface area (Å²) in [7, 11) is -3.87. The Bertz CT molecular complexity index is 866. The molecule has 0 unspecified atom stereocenters. The lowest BCUT2D eigenvalue weighted by molar-refractivity contribution is 0.0720. The number of anilines is 1. The molecule has 1 aliphatic rings. The van der Waals surface area contributed by atoms with Gasteiger partial charge in [-0.15, -0.1) is 0 Å². The number of H-pyrrole nitrogens is 1. The van der Waals surface area contributed by atoms with Crippen molar-refractivity contribution >= 4 is 21.6 Å². The van der Waals surface area contributed by atoms with Crippen LogP contribution in [0.5, 0.6) is 0 Å². The van der Waals surface area contributed by atoms with E-state index in [0.29, 0.717) is 30.2 Å². The maximum absolute atomic E-state index is 13.0. The molecule has 0 radical (unpaired) electrons. The standard InChI is InChI=1S/C18H23N3O3S/c1-13-16(18(22)21-11-7-4-8-12-21)17(14(2)19-13)25(23,24)20-15-9-5-3-6-10-15/h3,5-6,9-10,19-20H,4,7-8,11-12H2,1-2H3. The van der Waals surface area contributed by atoms with Crippen LogP contribution in [0.4, 0.5) is 5.69 Å². The predicted molar refractivity (Wildman–Crippen MR) is 97.3 cm³/mol. The summed E-state index contributed by atoms with van der Waals surface area (Å²) in [5.41, 5.74) is 1.78. The predicted octanol–water partition coefficient (Wildman–Crippen LogP) is 3.06. The van der Waals surface area contributed by atoms with Crippen molar-refractivity contribution in [1.29, 1.82) is 0 Å².